The van der Waals surface area contributed by atoms with Crippen LogP contribution in [0.3, 0.4) is 0 Å². The van der Waals surface area contributed by atoms with Crippen molar-refractivity contribution in [2.75, 3.05) is 7.11 Å². The summed E-state index contributed by atoms with van der Waals surface area (Å²) in [7, 11) is 1.46. The summed E-state index contributed by atoms with van der Waals surface area (Å²) in [5.74, 6) is -1.03. The average molecular weight is 246 g/mol. The van der Waals surface area contributed by atoms with E-state index in [4.69, 9.17) is 9.84 Å². The monoisotopic (exact) mass is 246 g/mol. The molecule has 0 aliphatic rings. The summed E-state index contributed by atoms with van der Waals surface area (Å²) < 4.78 is 18.1. The van der Waals surface area contributed by atoms with E-state index < -0.39 is 11.8 Å². The van der Waals surface area contributed by atoms with Crippen LogP contribution in [0.1, 0.15) is 10.4 Å². The minimum absolute atomic E-state index is 0.0833. The fourth-order valence-corrected chi connectivity index (χ4v) is 1.74. The molecule has 0 aliphatic carbocycles. The topological polar surface area (TPSA) is 46.5 Å². The maximum absolute atomic E-state index is 13.2. The first-order chi connectivity index (χ1) is 8.61. The van der Waals surface area contributed by atoms with Gasteiger partial charge in [0.25, 0.3) is 0 Å². The van der Waals surface area contributed by atoms with Gasteiger partial charge in [-0.25, -0.2) is 9.18 Å². The molecular weight excluding hydrogens is 235 g/mol. The van der Waals surface area contributed by atoms with E-state index >= 15 is 0 Å². The zero-order valence-corrected chi connectivity index (χ0v) is 9.68. The summed E-state index contributed by atoms with van der Waals surface area (Å²) in [5, 5.41) is 9.17. The molecular formula is C14H11FO3. The molecule has 1 N–H and O–H groups in total. The van der Waals surface area contributed by atoms with Crippen LogP contribution in [0.25, 0.3) is 11.1 Å². The molecule has 0 aliphatic heterocycles. The molecule has 2 aromatic carbocycles. The number of carboxylic acids is 1. The second kappa shape index (κ2) is 4.87. The number of carboxylic acid groups (broad SMARTS) is 1. The molecule has 0 unspecified atom stereocenters. The first kappa shape index (κ1) is 12.1. The van der Waals surface area contributed by atoms with Crippen LogP contribution in [0.5, 0.6) is 5.75 Å². The van der Waals surface area contributed by atoms with Gasteiger partial charge in [0.15, 0.2) is 0 Å². The summed E-state index contributed by atoms with van der Waals surface area (Å²) in [6.45, 7) is 0. The predicted octanol–water partition coefficient (Wildman–Crippen LogP) is 3.20. The zero-order chi connectivity index (χ0) is 13.1. The zero-order valence-electron chi connectivity index (χ0n) is 9.68. The summed E-state index contributed by atoms with van der Waals surface area (Å²) in [6, 6.07) is 10.5. The van der Waals surface area contributed by atoms with Crippen LogP contribution >= 0.6 is 0 Å². The molecule has 0 radical (unpaired) electrons. The molecule has 18 heavy (non-hydrogen) atoms. The lowest BCUT2D eigenvalue weighted by atomic mass is 9.99. The lowest BCUT2D eigenvalue weighted by Gasteiger charge is -2.08. The van der Waals surface area contributed by atoms with E-state index in [0.29, 0.717) is 16.9 Å². The second-order valence-corrected chi connectivity index (χ2v) is 3.73. The summed E-state index contributed by atoms with van der Waals surface area (Å²) in [6.07, 6.45) is 0. The fourth-order valence-electron chi connectivity index (χ4n) is 1.74. The summed E-state index contributed by atoms with van der Waals surface area (Å²) >= 11 is 0. The third-order valence-electron chi connectivity index (χ3n) is 2.59. The van der Waals surface area contributed by atoms with Gasteiger partial charge in [0.2, 0.25) is 0 Å². The van der Waals surface area contributed by atoms with Gasteiger partial charge in [0.05, 0.1) is 12.7 Å². The Kier molecular flexibility index (Phi) is 3.28. The highest BCUT2D eigenvalue weighted by atomic mass is 19.1. The first-order valence-electron chi connectivity index (χ1n) is 5.29. The molecule has 2 aromatic rings. The van der Waals surface area contributed by atoms with Crippen LogP contribution < -0.4 is 4.74 Å². The lowest BCUT2D eigenvalue weighted by Crippen LogP contribution is -2.00. The Morgan fingerprint density at radius 2 is 2.00 bits per heavy atom. The van der Waals surface area contributed by atoms with Gasteiger partial charge in [-0.05, 0) is 41.5 Å². The van der Waals surface area contributed by atoms with Gasteiger partial charge in [-0.15, -0.1) is 0 Å². The average Bonchev–Trinajstić information content (AvgIpc) is 2.38. The Morgan fingerprint density at radius 3 is 2.61 bits per heavy atom. The Labute approximate surface area is 103 Å². The highest BCUT2D eigenvalue weighted by Gasteiger charge is 2.13. The highest BCUT2D eigenvalue weighted by Crippen LogP contribution is 2.27. The number of carbonyl (C=O) groups is 1. The van der Waals surface area contributed by atoms with E-state index in [-0.39, 0.29) is 5.56 Å². The molecule has 0 amide bonds. The van der Waals surface area contributed by atoms with Gasteiger partial charge < -0.3 is 9.84 Å². The normalized spacial score (nSPS) is 10.1. The maximum atomic E-state index is 13.2. The van der Waals surface area contributed by atoms with Crippen LogP contribution in [0.15, 0.2) is 42.5 Å². The molecule has 0 aromatic heterocycles. The number of halogens is 1. The number of rotatable bonds is 3. The molecule has 4 heteroatoms. The smallest absolute Gasteiger partial charge is 0.336 e. The SMILES string of the molecule is COc1ccc(-c2cccc(F)c2)c(C(=O)O)c1. The van der Waals surface area contributed by atoms with Crippen molar-refractivity contribution in [3.63, 3.8) is 0 Å². The van der Waals surface area contributed by atoms with Crippen molar-refractivity contribution in [1.82, 2.24) is 0 Å². The van der Waals surface area contributed by atoms with Crippen molar-refractivity contribution in [3.05, 3.63) is 53.8 Å². The van der Waals surface area contributed by atoms with E-state index in [1.54, 1.807) is 24.3 Å². The molecule has 0 saturated carbocycles. The van der Waals surface area contributed by atoms with Crippen molar-refractivity contribution in [2.24, 2.45) is 0 Å². The third kappa shape index (κ3) is 2.32. The van der Waals surface area contributed by atoms with Crippen LogP contribution in [0, 0.1) is 5.82 Å². The van der Waals surface area contributed by atoms with Crippen molar-refractivity contribution in [3.8, 4) is 16.9 Å². The first-order valence-corrected chi connectivity index (χ1v) is 5.29. The Morgan fingerprint density at radius 1 is 1.22 bits per heavy atom. The van der Waals surface area contributed by atoms with E-state index in [9.17, 15) is 9.18 Å². The van der Waals surface area contributed by atoms with Gasteiger partial charge in [-0.1, -0.05) is 12.1 Å². The number of aromatic carboxylic acids is 1. The highest BCUT2D eigenvalue weighted by molar-refractivity contribution is 5.96. The lowest BCUT2D eigenvalue weighted by molar-refractivity contribution is 0.0697. The largest absolute Gasteiger partial charge is 0.497 e. The van der Waals surface area contributed by atoms with Crippen molar-refractivity contribution in [1.29, 1.82) is 0 Å². The minimum atomic E-state index is -1.08. The van der Waals surface area contributed by atoms with E-state index in [1.807, 2.05) is 0 Å². The molecule has 0 bridgehead atoms. The number of hydrogen-bond acceptors (Lipinski definition) is 2. The van der Waals surface area contributed by atoms with Gasteiger partial charge in [-0.2, -0.15) is 0 Å². The van der Waals surface area contributed by atoms with Crippen molar-refractivity contribution >= 4 is 5.97 Å². The number of hydrogen-bond donors (Lipinski definition) is 1. The number of benzene rings is 2. The number of ether oxygens (including phenoxy) is 1. The molecule has 0 heterocycles. The van der Waals surface area contributed by atoms with Crippen molar-refractivity contribution < 1.29 is 19.0 Å². The molecule has 3 nitrogen and oxygen atoms in total. The van der Waals surface area contributed by atoms with Crippen LogP contribution in [-0.4, -0.2) is 18.2 Å². The van der Waals surface area contributed by atoms with Gasteiger partial charge >= 0.3 is 5.97 Å². The molecule has 92 valence electrons. The van der Waals surface area contributed by atoms with E-state index in [0.717, 1.165) is 0 Å². The quantitative estimate of drug-likeness (QED) is 0.904. The van der Waals surface area contributed by atoms with Gasteiger partial charge in [-0.3, -0.25) is 0 Å². The number of methoxy groups -OCH3 is 1. The molecule has 0 saturated heterocycles. The standard InChI is InChI=1S/C14H11FO3/c1-18-11-5-6-12(13(8-11)14(16)17)9-3-2-4-10(15)7-9/h2-8H,1H3,(H,16,17). The third-order valence-corrected chi connectivity index (χ3v) is 2.59. The minimum Gasteiger partial charge on any atom is -0.497 e. The van der Waals surface area contributed by atoms with Gasteiger partial charge in [0.1, 0.15) is 11.6 Å². The molecule has 2 rings (SSSR count). The Hall–Kier alpha value is -2.36. The molecule has 0 atom stereocenters. The predicted molar refractivity (Wildman–Crippen MR) is 65.3 cm³/mol. The summed E-state index contributed by atoms with van der Waals surface area (Å²) in [4.78, 5) is 11.2. The van der Waals surface area contributed by atoms with Crippen LogP contribution in [0.4, 0.5) is 4.39 Å². The Balaban J connectivity index is 2.60. The molecule has 0 fully saturated rings. The molecule has 0 spiro atoms. The van der Waals surface area contributed by atoms with E-state index in [1.165, 1.54) is 25.3 Å². The van der Waals surface area contributed by atoms with Crippen molar-refractivity contribution in [2.45, 2.75) is 0 Å². The van der Waals surface area contributed by atoms with Gasteiger partial charge in [0, 0.05) is 0 Å². The fraction of sp³-hybridized carbons (Fsp3) is 0.0714. The second-order valence-electron chi connectivity index (χ2n) is 3.73. The van der Waals surface area contributed by atoms with Crippen LogP contribution in [0.2, 0.25) is 0 Å². The Bertz CT molecular complexity index is 593. The van der Waals surface area contributed by atoms with Crippen LogP contribution in [-0.2, 0) is 0 Å². The van der Waals surface area contributed by atoms with E-state index in [2.05, 4.69) is 0 Å². The summed E-state index contributed by atoms with van der Waals surface area (Å²) in [5.41, 5.74) is 1.07. The maximum Gasteiger partial charge on any atom is 0.336 e.